The summed E-state index contributed by atoms with van der Waals surface area (Å²) < 4.78 is 0. The topological polar surface area (TPSA) is 398 Å². The molecule has 0 amide bonds. The van der Waals surface area contributed by atoms with E-state index in [1.54, 1.807) is 0 Å². The molecule has 19 nitrogen and oxygen atoms in total. The number of aliphatic hydroxyl groups excluding tert-OH is 4. The van der Waals surface area contributed by atoms with Crippen molar-refractivity contribution < 1.29 is 69.9 Å². The minimum atomic E-state index is -1.18. The highest BCUT2D eigenvalue weighted by Crippen LogP contribution is 1.85. The number of aliphatic hydroxyl groups is 4. The van der Waals surface area contributed by atoms with E-state index in [0.717, 1.165) is 0 Å². The quantitative estimate of drug-likeness (QED) is 0.133. The molecule has 0 aliphatic carbocycles. The lowest BCUT2D eigenvalue weighted by atomic mass is 10.2. The Bertz CT molecular complexity index is 558. The molecule has 0 aliphatic heterocycles. The lowest BCUT2D eigenvalue weighted by Gasteiger charge is -2.06. The second kappa shape index (κ2) is 25.6. The molecule has 0 spiro atoms. The van der Waals surface area contributed by atoms with Crippen molar-refractivity contribution in [2.75, 3.05) is 19.8 Å². The predicted molar refractivity (Wildman–Crippen MR) is 117 cm³/mol. The van der Waals surface area contributed by atoms with Gasteiger partial charge in [-0.1, -0.05) is 0 Å². The van der Waals surface area contributed by atoms with Crippen LogP contribution in [0.1, 0.15) is 13.8 Å². The molecular weight excluding hydrogens is 486 g/mol. The van der Waals surface area contributed by atoms with Gasteiger partial charge in [0, 0.05) is 0 Å². The summed E-state index contributed by atoms with van der Waals surface area (Å²) in [5.74, 6) is -5.68. The van der Waals surface area contributed by atoms with Crippen LogP contribution >= 0.6 is 0 Å². The summed E-state index contributed by atoms with van der Waals surface area (Å²) in [6.07, 6.45) is -0.979. The van der Waals surface area contributed by atoms with Crippen molar-refractivity contribution in [2.45, 2.75) is 50.2 Å². The van der Waals surface area contributed by atoms with E-state index < -0.39 is 86.0 Å². The van der Waals surface area contributed by atoms with Crippen molar-refractivity contribution in [2.24, 2.45) is 28.7 Å². The molecule has 0 saturated heterocycles. The molecule has 19 N–H and O–H groups in total. The SMILES string of the molecule is C[C@@H](O)[C@H](N)C(=O)O.C[C@H](N)C(=O)O.N[C@@H](CO)C(=O)O.N[C@@H](CO)C(=O)O.N[C@@H](CO)C(=O)O. The minimum absolute atomic E-state index is 0.505. The van der Waals surface area contributed by atoms with Crippen LogP contribution in [0.3, 0.4) is 0 Å². The standard InChI is InChI=1S/C4H9NO3.3C3H7NO3.C3H7NO2/c1-2(6)3(5)4(7)8;3*4-2(1-5)3(6)7;1-2(4)3(5)6/h2-3,6H,5H2,1H3,(H,7,8);3*2,5H,1,4H2,(H,6,7);2H,4H2,1H3,(H,5,6)/t2-,3+;4*2-/m10000/s1. The summed E-state index contributed by atoms with van der Waals surface area (Å²) in [5.41, 5.74) is 24.0. The predicted octanol–water partition coefficient (Wildman–Crippen LogP) is -6.63. The van der Waals surface area contributed by atoms with Gasteiger partial charge in [-0.05, 0) is 13.8 Å². The van der Waals surface area contributed by atoms with Crippen LogP contribution in [0.5, 0.6) is 0 Å². The molecule has 0 rings (SSSR count). The monoisotopic (exact) mass is 523 g/mol. The van der Waals surface area contributed by atoms with Crippen molar-refractivity contribution in [3.63, 3.8) is 0 Å². The Kier molecular flexibility index (Phi) is 30.9. The Morgan fingerprint density at radius 2 is 0.743 bits per heavy atom. The minimum Gasteiger partial charge on any atom is -0.480 e. The van der Waals surface area contributed by atoms with Crippen LogP contribution in [-0.2, 0) is 24.0 Å². The molecule has 0 bridgehead atoms. The third kappa shape index (κ3) is 35.8. The van der Waals surface area contributed by atoms with Crippen LogP contribution in [0.4, 0.5) is 0 Å². The smallest absolute Gasteiger partial charge is 0.323 e. The first-order valence-corrected chi connectivity index (χ1v) is 9.17. The molecule has 6 atom stereocenters. The summed E-state index contributed by atoms with van der Waals surface area (Å²) in [6, 6.07) is -5.26. The van der Waals surface area contributed by atoms with Crippen molar-refractivity contribution in [1.29, 1.82) is 0 Å². The van der Waals surface area contributed by atoms with Gasteiger partial charge < -0.3 is 74.6 Å². The van der Waals surface area contributed by atoms with Gasteiger partial charge in [-0.15, -0.1) is 0 Å². The maximum atomic E-state index is 9.86. The van der Waals surface area contributed by atoms with E-state index in [9.17, 15) is 24.0 Å². The van der Waals surface area contributed by atoms with Crippen LogP contribution in [0, 0.1) is 0 Å². The van der Waals surface area contributed by atoms with Gasteiger partial charge in [-0.25, -0.2) is 0 Å². The van der Waals surface area contributed by atoms with Crippen LogP contribution < -0.4 is 28.7 Å². The highest BCUT2D eigenvalue weighted by atomic mass is 16.4. The lowest BCUT2D eigenvalue weighted by Crippen LogP contribution is -2.39. The first kappa shape index (κ1) is 42.2. The first-order valence-electron chi connectivity index (χ1n) is 9.17. The molecule has 0 aromatic heterocycles. The van der Waals surface area contributed by atoms with Crippen molar-refractivity contribution in [3.05, 3.63) is 0 Å². The van der Waals surface area contributed by atoms with Gasteiger partial charge in [-0.3, -0.25) is 24.0 Å². The first-order chi connectivity index (χ1) is 15.7. The molecule has 0 aliphatic rings. The summed E-state index contributed by atoms with van der Waals surface area (Å²) in [5, 5.41) is 72.1. The third-order valence-corrected chi connectivity index (χ3v) is 2.74. The fourth-order valence-corrected chi connectivity index (χ4v) is 0.441. The van der Waals surface area contributed by atoms with E-state index in [-0.39, 0.29) is 0 Å². The van der Waals surface area contributed by atoms with Crippen LogP contribution in [0.2, 0.25) is 0 Å². The molecule has 210 valence electrons. The maximum absolute atomic E-state index is 9.86. The number of hydrogen-bond donors (Lipinski definition) is 14. The largest absolute Gasteiger partial charge is 0.480 e. The fraction of sp³-hybridized carbons (Fsp3) is 0.688. The van der Waals surface area contributed by atoms with Gasteiger partial charge in [0.1, 0.15) is 30.2 Å². The molecule has 0 aromatic carbocycles. The van der Waals surface area contributed by atoms with Crippen molar-refractivity contribution >= 4 is 29.8 Å². The summed E-state index contributed by atoms with van der Waals surface area (Å²) >= 11 is 0. The number of carboxylic acids is 5. The highest BCUT2D eigenvalue weighted by Gasteiger charge is 2.16. The van der Waals surface area contributed by atoms with Gasteiger partial charge in [-0.2, -0.15) is 0 Å². The van der Waals surface area contributed by atoms with Gasteiger partial charge in [0.25, 0.3) is 0 Å². The Labute approximate surface area is 199 Å². The summed E-state index contributed by atoms with van der Waals surface area (Å²) in [4.78, 5) is 48.4. The Hall–Kier alpha value is -3.01. The average molecular weight is 523 g/mol. The molecule has 0 unspecified atom stereocenters. The second-order valence-corrected chi connectivity index (χ2v) is 6.11. The Morgan fingerprint density at radius 3 is 0.743 bits per heavy atom. The Balaban J connectivity index is -0.000000107. The van der Waals surface area contributed by atoms with Gasteiger partial charge in [0.15, 0.2) is 0 Å². The zero-order valence-corrected chi connectivity index (χ0v) is 19.0. The van der Waals surface area contributed by atoms with Crippen molar-refractivity contribution in [1.82, 2.24) is 0 Å². The molecule has 19 heteroatoms. The molecule has 0 radical (unpaired) electrons. The van der Waals surface area contributed by atoms with E-state index in [0.29, 0.717) is 0 Å². The number of hydrogen-bond acceptors (Lipinski definition) is 14. The normalized spacial score (nSPS) is 14.4. The fourth-order valence-electron chi connectivity index (χ4n) is 0.441. The van der Waals surface area contributed by atoms with Crippen molar-refractivity contribution in [3.8, 4) is 0 Å². The van der Waals surface area contributed by atoms with E-state index in [1.807, 2.05) is 0 Å². The number of carboxylic acid groups (broad SMARTS) is 5. The Morgan fingerprint density at radius 1 is 0.543 bits per heavy atom. The maximum Gasteiger partial charge on any atom is 0.323 e. The van der Waals surface area contributed by atoms with E-state index in [4.69, 9.17) is 74.6 Å². The molecule has 0 fully saturated rings. The van der Waals surface area contributed by atoms with Gasteiger partial charge in [0.2, 0.25) is 0 Å². The van der Waals surface area contributed by atoms with Crippen LogP contribution in [0.25, 0.3) is 0 Å². The van der Waals surface area contributed by atoms with Gasteiger partial charge >= 0.3 is 29.8 Å². The lowest BCUT2D eigenvalue weighted by molar-refractivity contribution is -0.141. The van der Waals surface area contributed by atoms with Crippen LogP contribution in [-0.4, -0.2) is 132 Å². The summed E-state index contributed by atoms with van der Waals surface area (Å²) in [6.45, 7) is 1.24. The zero-order valence-electron chi connectivity index (χ0n) is 19.0. The average Bonchev–Trinajstić information content (AvgIpc) is 2.77. The number of carbonyl (C=O) groups is 5. The summed E-state index contributed by atoms with van der Waals surface area (Å²) in [7, 11) is 0. The zero-order chi connectivity index (χ0) is 29.5. The molecular formula is C16H37N5O14. The number of aliphatic carboxylic acids is 5. The highest BCUT2D eigenvalue weighted by molar-refractivity contribution is 5.74. The van der Waals surface area contributed by atoms with E-state index in [1.165, 1.54) is 13.8 Å². The van der Waals surface area contributed by atoms with Crippen LogP contribution in [0.15, 0.2) is 0 Å². The molecule has 35 heavy (non-hydrogen) atoms. The van der Waals surface area contributed by atoms with Gasteiger partial charge in [0.05, 0.1) is 25.9 Å². The molecule has 0 saturated carbocycles. The second-order valence-electron chi connectivity index (χ2n) is 6.11. The van der Waals surface area contributed by atoms with E-state index in [2.05, 4.69) is 0 Å². The number of nitrogens with two attached hydrogens (primary N) is 5. The number of rotatable bonds is 9. The molecule has 0 aromatic rings. The van der Waals surface area contributed by atoms with E-state index >= 15 is 0 Å². The third-order valence-electron chi connectivity index (χ3n) is 2.74. The molecule has 0 heterocycles.